The highest BCUT2D eigenvalue weighted by Crippen LogP contribution is 2.54. The number of fused-ring (bicyclic) bond motifs is 3. The van der Waals surface area contributed by atoms with Crippen molar-refractivity contribution in [1.29, 1.82) is 0 Å². The lowest BCUT2D eigenvalue weighted by atomic mass is 9.57. The number of carbonyl (C=O) groups is 4. The lowest BCUT2D eigenvalue weighted by Gasteiger charge is -2.50. The van der Waals surface area contributed by atoms with Gasteiger partial charge in [0.25, 0.3) is 11.8 Å². The minimum atomic E-state index is -4.67. The normalized spacial score (nSPS) is 23.7. The summed E-state index contributed by atoms with van der Waals surface area (Å²) in [5.41, 5.74) is 2.72. The van der Waals surface area contributed by atoms with Crippen LogP contribution in [0.25, 0.3) is 5.76 Å². The number of rotatable bonds is 5. The lowest BCUT2D eigenvalue weighted by Crippen LogP contribution is -2.65. The maximum atomic E-state index is 14.1. The van der Waals surface area contributed by atoms with Crippen LogP contribution in [-0.2, 0) is 31.2 Å². The van der Waals surface area contributed by atoms with Gasteiger partial charge in [0.15, 0.2) is 11.4 Å². The van der Waals surface area contributed by atoms with Gasteiger partial charge < -0.3 is 36.4 Å². The van der Waals surface area contributed by atoms with Crippen LogP contribution >= 0.6 is 0 Å². The molecular formula is C30H34N4O12S. The molecule has 1 saturated carbocycles. The van der Waals surface area contributed by atoms with Crippen molar-refractivity contribution < 1.29 is 57.1 Å². The van der Waals surface area contributed by atoms with Crippen molar-refractivity contribution in [3.8, 4) is 5.75 Å². The average Bonchev–Trinajstić information content (AvgIpc) is 2.95. The highest BCUT2D eigenvalue weighted by atomic mass is 32.3. The molecule has 0 aromatic heterocycles. The lowest BCUT2D eigenvalue weighted by molar-refractivity contribution is -0.153. The number of phenolic OH excluding ortho intramolecular Hbond substituents is 1. The van der Waals surface area contributed by atoms with Crippen molar-refractivity contribution in [1.82, 2.24) is 4.90 Å². The molecule has 16 nitrogen and oxygen atoms in total. The first-order valence-corrected chi connectivity index (χ1v) is 15.4. The number of ketones is 2. The third kappa shape index (κ3) is 6.18. The molecule has 2 aromatic carbocycles. The Balaban J connectivity index is 0.000000930. The highest BCUT2D eigenvalue weighted by Gasteiger charge is 2.64. The summed E-state index contributed by atoms with van der Waals surface area (Å²) in [5.74, 6) is -7.90. The molecular weight excluding hydrogens is 640 g/mol. The van der Waals surface area contributed by atoms with Crippen LogP contribution in [0.4, 0.5) is 11.4 Å². The van der Waals surface area contributed by atoms with E-state index in [1.807, 2.05) is 0 Å². The molecule has 4 atom stereocenters. The van der Waals surface area contributed by atoms with E-state index in [1.54, 1.807) is 69.5 Å². The fourth-order valence-electron chi connectivity index (χ4n) is 6.57. The molecule has 0 spiro atoms. The fourth-order valence-corrected chi connectivity index (χ4v) is 6.57. The Bertz CT molecular complexity index is 1850. The van der Waals surface area contributed by atoms with Crippen molar-refractivity contribution in [2.24, 2.45) is 17.6 Å². The number of nitrogens with zero attached hydrogens (tertiary/aromatic N) is 2. The maximum absolute atomic E-state index is 14.1. The van der Waals surface area contributed by atoms with E-state index in [0.717, 1.165) is 0 Å². The van der Waals surface area contributed by atoms with Gasteiger partial charge in [0.05, 0.1) is 17.3 Å². The number of likely N-dealkylation sites (N-methyl/N-ethyl adjacent to an activating group) is 1. The van der Waals surface area contributed by atoms with Gasteiger partial charge in [-0.15, -0.1) is 0 Å². The Hall–Kier alpha value is -4.81. The summed E-state index contributed by atoms with van der Waals surface area (Å²) < 4.78 is 31.6. The van der Waals surface area contributed by atoms with Gasteiger partial charge in [0, 0.05) is 36.8 Å². The number of anilines is 2. The molecule has 17 heteroatoms. The first-order chi connectivity index (χ1) is 21.7. The minimum absolute atomic E-state index is 0.0218. The minimum Gasteiger partial charge on any atom is -0.508 e. The van der Waals surface area contributed by atoms with Gasteiger partial charge >= 0.3 is 10.4 Å². The van der Waals surface area contributed by atoms with E-state index in [0.29, 0.717) is 16.8 Å². The SMILES string of the molecule is CN(C)c1cc(NC(=O)c2ccccc2)c(O)c2c1CC1CC3[C@H](N(C)C)C(=O)C(C(N)=O)=C(O)[C@@]3(O)C(=O)C1=C2O.O=S(=O)(O)O. The molecule has 2 amide bonds. The van der Waals surface area contributed by atoms with Crippen LogP contribution < -0.4 is 16.0 Å². The molecule has 252 valence electrons. The van der Waals surface area contributed by atoms with Crippen LogP contribution in [0, 0.1) is 11.8 Å². The maximum Gasteiger partial charge on any atom is 0.394 e. The Morgan fingerprint density at radius 3 is 2.11 bits per heavy atom. The standard InChI is InChI=1S/C30H32N4O8.H2O4S/c1-33(2)18-12-17(32-29(41)13-8-6-5-7-9-13)23(35)20-15(18)10-14-11-16-22(34(3)4)25(37)21(28(31)40)27(39)30(16,42)26(38)19(14)24(20)36;1-5(2,3)4/h5-9,12,14,16,22,35-36,39,42H,10-11H2,1-4H3,(H2,31,40)(H,32,41);(H2,1,2,3,4)/t14?,16?,22-,30-;/m0./s1. The van der Waals surface area contributed by atoms with Crippen molar-refractivity contribution in [2.75, 3.05) is 38.4 Å². The summed E-state index contributed by atoms with van der Waals surface area (Å²) in [7, 11) is 1.90. The number of amides is 2. The first-order valence-electron chi connectivity index (χ1n) is 14.0. The van der Waals surface area contributed by atoms with E-state index in [1.165, 1.54) is 4.90 Å². The van der Waals surface area contributed by atoms with E-state index >= 15 is 0 Å². The van der Waals surface area contributed by atoms with Crippen LogP contribution in [-0.4, -0.2) is 106 Å². The predicted molar refractivity (Wildman–Crippen MR) is 167 cm³/mol. The van der Waals surface area contributed by atoms with Gasteiger partial charge in [-0.2, -0.15) is 8.42 Å². The van der Waals surface area contributed by atoms with Crippen LogP contribution in [0.2, 0.25) is 0 Å². The monoisotopic (exact) mass is 674 g/mol. The van der Waals surface area contributed by atoms with Crippen molar-refractivity contribution in [3.63, 3.8) is 0 Å². The molecule has 2 aromatic rings. The molecule has 0 bridgehead atoms. The molecule has 47 heavy (non-hydrogen) atoms. The number of aromatic hydroxyl groups is 1. The molecule has 5 rings (SSSR count). The smallest absolute Gasteiger partial charge is 0.394 e. The zero-order valence-corrected chi connectivity index (χ0v) is 26.4. The zero-order valence-electron chi connectivity index (χ0n) is 25.6. The molecule has 0 radical (unpaired) electrons. The number of phenols is 1. The summed E-state index contributed by atoms with van der Waals surface area (Å²) >= 11 is 0. The van der Waals surface area contributed by atoms with Gasteiger partial charge in [0.1, 0.15) is 22.8 Å². The second kappa shape index (κ2) is 12.4. The van der Waals surface area contributed by atoms with E-state index < -0.39 is 80.1 Å². The summed E-state index contributed by atoms with van der Waals surface area (Å²) in [6.07, 6.45) is 0.106. The van der Waals surface area contributed by atoms with Gasteiger partial charge in [-0.25, -0.2) is 0 Å². The number of aliphatic hydroxyl groups excluding tert-OH is 2. The zero-order chi connectivity index (χ0) is 35.3. The molecule has 1 fully saturated rings. The van der Waals surface area contributed by atoms with E-state index in [-0.39, 0.29) is 29.7 Å². The molecule has 2 unspecified atom stereocenters. The van der Waals surface area contributed by atoms with Crippen molar-refractivity contribution >= 4 is 50.9 Å². The van der Waals surface area contributed by atoms with Crippen LogP contribution in [0.1, 0.15) is 27.9 Å². The van der Waals surface area contributed by atoms with Crippen LogP contribution in [0.5, 0.6) is 5.75 Å². The summed E-state index contributed by atoms with van der Waals surface area (Å²) in [6, 6.07) is 8.70. The average molecular weight is 675 g/mol. The highest BCUT2D eigenvalue weighted by molar-refractivity contribution is 7.79. The third-order valence-corrected chi connectivity index (χ3v) is 8.46. The number of Topliss-reactive ketones (excluding diaryl/α,β-unsaturated/α-hetero) is 2. The van der Waals surface area contributed by atoms with Gasteiger partial charge in [-0.3, -0.25) is 33.2 Å². The number of benzene rings is 2. The summed E-state index contributed by atoms with van der Waals surface area (Å²) in [6.45, 7) is 0. The molecule has 3 aliphatic carbocycles. The second-order valence-corrected chi connectivity index (χ2v) is 12.7. The topological polar surface area (TPSA) is 268 Å². The Kier molecular flexibility index (Phi) is 9.26. The number of nitrogens with two attached hydrogens (primary N) is 1. The number of hydrogen-bond acceptors (Lipinski definition) is 12. The largest absolute Gasteiger partial charge is 0.508 e. The van der Waals surface area contributed by atoms with Gasteiger partial charge in [-0.1, -0.05) is 18.2 Å². The molecule has 9 N–H and O–H groups in total. The van der Waals surface area contributed by atoms with Crippen molar-refractivity contribution in [3.05, 3.63) is 70.0 Å². The van der Waals surface area contributed by atoms with Gasteiger partial charge in [0.2, 0.25) is 5.78 Å². The number of carbonyl (C=O) groups excluding carboxylic acids is 4. The Morgan fingerprint density at radius 1 is 1.02 bits per heavy atom. The van der Waals surface area contributed by atoms with Crippen molar-refractivity contribution in [2.45, 2.75) is 24.5 Å². The summed E-state index contributed by atoms with van der Waals surface area (Å²) in [5, 5.41) is 48.3. The number of hydrogen-bond donors (Lipinski definition) is 8. The molecule has 0 heterocycles. The van der Waals surface area contributed by atoms with E-state index in [2.05, 4.69) is 5.32 Å². The Morgan fingerprint density at radius 2 is 1.60 bits per heavy atom. The first kappa shape index (κ1) is 35.1. The number of nitrogens with one attached hydrogen (secondary N) is 1. The summed E-state index contributed by atoms with van der Waals surface area (Å²) in [4.78, 5) is 55.6. The van der Waals surface area contributed by atoms with E-state index in [9.17, 15) is 39.6 Å². The molecule has 0 aliphatic heterocycles. The molecule has 3 aliphatic rings. The number of primary amides is 1. The predicted octanol–water partition coefficient (Wildman–Crippen LogP) is 0.630. The van der Waals surface area contributed by atoms with Crippen LogP contribution in [0.3, 0.4) is 0 Å². The third-order valence-electron chi connectivity index (χ3n) is 8.46. The number of aliphatic hydroxyl groups is 3. The quantitative estimate of drug-likeness (QED) is 0.123. The second-order valence-electron chi connectivity index (χ2n) is 11.8. The molecule has 0 saturated heterocycles. The fraction of sp³-hybridized carbons (Fsp3) is 0.333. The Labute approximate surface area is 269 Å². The van der Waals surface area contributed by atoms with E-state index in [4.69, 9.17) is 23.3 Å². The van der Waals surface area contributed by atoms with Gasteiger partial charge in [-0.05, 0) is 56.6 Å². The van der Waals surface area contributed by atoms with Crippen LogP contribution in [0.15, 0.2) is 53.3 Å².